The van der Waals surface area contributed by atoms with Gasteiger partial charge in [-0.05, 0) is 18.6 Å². The van der Waals surface area contributed by atoms with Crippen LogP contribution in [0.4, 0.5) is 0 Å². The number of benzene rings is 1. The molecule has 0 radical (unpaired) electrons. The Hall–Kier alpha value is -2.42. The van der Waals surface area contributed by atoms with Crippen molar-refractivity contribution in [2.75, 3.05) is 18.6 Å². The second-order valence-electron chi connectivity index (χ2n) is 5.61. The van der Waals surface area contributed by atoms with Crippen molar-refractivity contribution in [2.45, 2.75) is 32.2 Å². The van der Waals surface area contributed by atoms with E-state index in [9.17, 15) is 22.8 Å². The summed E-state index contributed by atoms with van der Waals surface area (Å²) in [5.41, 5.74) is 0.339. The first kappa shape index (κ1) is 21.6. The molecule has 0 fully saturated rings. The lowest BCUT2D eigenvalue weighted by Crippen LogP contribution is -2.42. The molecule has 26 heavy (non-hydrogen) atoms. The Morgan fingerprint density at radius 1 is 1.19 bits per heavy atom. The average molecular weight is 385 g/mol. The van der Waals surface area contributed by atoms with Crippen LogP contribution in [0, 0.1) is 0 Å². The number of sulfone groups is 1. The largest absolute Gasteiger partial charge is 0.496 e. The minimum absolute atomic E-state index is 0.0965. The van der Waals surface area contributed by atoms with E-state index in [1.165, 1.54) is 14.0 Å². The van der Waals surface area contributed by atoms with Gasteiger partial charge in [0.1, 0.15) is 21.6 Å². The first-order valence-electron chi connectivity index (χ1n) is 8.09. The third kappa shape index (κ3) is 6.83. The van der Waals surface area contributed by atoms with Crippen LogP contribution in [0.5, 0.6) is 5.75 Å². The van der Waals surface area contributed by atoms with Gasteiger partial charge in [0.2, 0.25) is 5.91 Å². The molecule has 2 N–H and O–H groups in total. The molecule has 1 atom stereocenters. The number of ether oxygens (including phenoxy) is 1. The van der Waals surface area contributed by atoms with E-state index in [1.54, 1.807) is 24.3 Å². The molecule has 144 valence electrons. The highest BCUT2D eigenvalue weighted by Gasteiger charge is 2.23. The molecule has 1 unspecified atom stereocenters. The van der Waals surface area contributed by atoms with Crippen LogP contribution in [-0.2, 0) is 19.4 Å². The van der Waals surface area contributed by atoms with Crippen LogP contribution in [0.25, 0.3) is 0 Å². The van der Waals surface area contributed by atoms with E-state index in [0.717, 1.165) is 0 Å². The molecular weight excluding hydrogens is 362 g/mol. The number of nitrogens with one attached hydrogen (secondary N) is 1. The standard InChI is InChI=1S/C17H23NO7S/c1-3-26(23,24)11-10-13(17(21)22)18-16(20)9-8-14(19)12-6-4-5-7-15(12)25-2/h4-7,13H,3,8-11H2,1-2H3,(H,18,20)(H,21,22). The van der Waals surface area contributed by atoms with Crippen molar-refractivity contribution in [3.63, 3.8) is 0 Å². The minimum Gasteiger partial charge on any atom is -0.496 e. The SMILES string of the molecule is CCS(=O)(=O)CCC(NC(=O)CCC(=O)c1ccccc1OC)C(=O)O. The number of carboxylic acids is 1. The third-order valence-electron chi connectivity index (χ3n) is 3.78. The number of carbonyl (C=O) groups is 3. The molecule has 8 nitrogen and oxygen atoms in total. The van der Waals surface area contributed by atoms with Crippen LogP contribution in [0.1, 0.15) is 36.5 Å². The number of aliphatic carboxylic acids is 1. The predicted octanol–water partition coefficient (Wildman–Crippen LogP) is 1.05. The lowest BCUT2D eigenvalue weighted by molar-refractivity contribution is -0.141. The molecular formula is C17H23NO7S. The zero-order valence-electron chi connectivity index (χ0n) is 14.7. The molecule has 1 rings (SSSR count). The predicted molar refractivity (Wildman–Crippen MR) is 95.1 cm³/mol. The normalized spacial score (nSPS) is 12.2. The van der Waals surface area contributed by atoms with Gasteiger partial charge in [-0.15, -0.1) is 0 Å². The van der Waals surface area contributed by atoms with Gasteiger partial charge in [-0.1, -0.05) is 19.1 Å². The van der Waals surface area contributed by atoms with E-state index in [-0.39, 0.29) is 36.6 Å². The lowest BCUT2D eigenvalue weighted by Gasteiger charge is -2.14. The molecule has 0 aliphatic rings. The van der Waals surface area contributed by atoms with Crippen molar-refractivity contribution in [1.29, 1.82) is 0 Å². The second-order valence-corrected chi connectivity index (χ2v) is 8.08. The Balaban J connectivity index is 2.60. The zero-order valence-corrected chi connectivity index (χ0v) is 15.5. The Bertz CT molecular complexity index is 758. The second kappa shape index (κ2) is 9.91. The van der Waals surface area contributed by atoms with Crippen LogP contribution in [-0.4, -0.2) is 55.8 Å². The summed E-state index contributed by atoms with van der Waals surface area (Å²) in [6.07, 6.45) is -0.551. The number of ketones is 1. The molecule has 1 aromatic rings. The fourth-order valence-corrected chi connectivity index (χ4v) is 3.09. The number of rotatable bonds is 11. The van der Waals surface area contributed by atoms with Crippen molar-refractivity contribution in [2.24, 2.45) is 0 Å². The van der Waals surface area contributed by atoms with E-state index in [2.05, 4.69) is 5.32 Å². The molecule has 0 saturated carbocycles. The van der Waals surface area contributed by atoms with Gasteiger partial charge in [0.15, 0.2) is 5.78 Å². The number of methoxy groups -OCH3 is 1. The molecule has 1 aromatic carbocycles. The summed E-state index contributed by atoms with van der Waals surface area (Å²) < 4.78 is 28.1. The Morgan fingerprint density at radius 2 is 1.85 bits per heavy atom. The van der Waals surface area contributed by atoms with Crippen molar-refractivity contribution < 1.29 is 32.6 Å². The number of carbonyl (C=O) groups excluding carboxylic acids is 2. The van der Waals surface area contributed by atoms with Gasteiger partial charge in [0, 0.05) is 18.6 Å². The van der Waals surface area contributed by atoms with Crippen molar-refractivity contribution in [3.8, 4) is 5.75 Å². The van der Waals surface area contributed by atoms with Crippen molar-refractivity contribution >= 4 is 27.5 Å². The van der Waals surface area contributed by atoms with Gasteiger partial charge in [0.05, 0.1) is 18.4 Å². The third-order valence-corrected chi connectivity index (χ3v) is 5.51. The Labute approximate surface area is 152 Å². The Morgan fingerprint density at radius 3 is 2.42 bits per heavy atom. The molecule has 0 heterocycles. The zero-order chi connectivity index (χ0) is 19.7. The summed E-state index contributed by atoms with van der Waals surface area (Å²) in [4.78, 5) is 35.3. The fourth-order valence-electron chi connectivity index (χ4n) is 2.20. The van der Waals surface area contributed by atoms with E-state index in [0.29, 0.717) is 11.3 Å². The van der Waals surface area contributed by atoms with Gasteiger partial charge in [-0.3, -0.25) is 9.59 Å². The first-order chi connectivity index (χ1) is 12.2. The first-order valence-corrected chi connectivity index (χ1v) is 9.91. The van der Waals surface area contributed by atoms with E-state index < -0.39 is 27.8 Å². The van der Waals surface area contributed by atoms with Crippen molar-refractivity contribution in [1.82, 2.24) is 5.32 Å². The van der Waals surface area contributed by atoms with Crippen LogP contribution >= 0.6 is 0 Å². The number of Topliss-reactive ketones (excluding diaryl/α,β-unsaturated/α-hetero) is 1. The summed E-state index contributed by atoms with van der Waals surface area (Å²) in [6, 6.07) is 5.27. The van der Waals surface area contributed by atoms with Crippen LogP contribution < -0.4 is 10.1 Å². The van der Waals surface area contributed by atoms with Gasteiger partial charge < -0.3 is 15.2 Å². The average Bonchev–Trinajstić information content (AvgIpc) is 2.62. The van der Waals surface area contributed by atoms with E-state index >= 15 is 0 Å². The number of para-hydroxylation sites is 1. The number of hydrogen-bond acceptors (Lipinski definition) is 6. The summed E-state index contributed by atoms with van der Waals surface area (Å²) in [6.45, 7) is 1.47. The fraction of sp³-hybridized carbons (Fsp3) is 0.471. The van der Waals surface area contributed by atoms with E-state index in [1.807, 2.05) is 0 Å². The highest BCUT2D eigenvalue weighted by Crippen LogP contribution is 2.19. The molecule has 1 amide bonds. The van der Waals surface area contributed by atoms with Gasteiger partial charge >= 0.3 is 5.97 Å². The minimum atomic E-state index is -3.34. The molecule has 0 aromatic heterocycles. The number of carboxylic acid groups (broad SMARTS) is 1. The molecule has 9 heteroatoms. The summed E-state index contributed by atoms with van der Waals surface area (Å²) in [5, 5.41) is 11.4. The van der Waals surface area contributed by atoms with Gasteiger partial charge in [-0.2, -0.15) is 0 Å². The summed E-state index contributed by atoms with van der Waals surface area (Å²) in [5.74, 6) is -2.29. The molecule has 0 bridgehead atoms. The van der Waals surface area contributed by atoms with Gasteiger partial charge in [-0.25, -0.2) is 13.2 Å². The summed E-state index contributed by atoms with van der Waals surface area (Å²) in [7, 11) is -1.90. The van der Waals surface area contributed by atoms with Crippen LogP contribution in [0.3, 0.4) is 0 Å². The number of hydrogen-bond donors (Lipinski definition) is 2. The monoisotopic (exact) mass is 385 g/mol. The molecule has 0 aliphatic heterocycles. The maximum atomic E-state index is 12.2. The number of amides is 1. The topological polar surface area (TPSA) is 127 Å². The highest BCUT2D eigenvalue weighted by atomic mass is 32.2. The Kier molecular flexibility index (Phi) is 8.24. The smallest absolute Gasteiger partial charge is 0.326 e. The van der Waals surface area contributed by atoms with Crippen LogP contribution in [0.2, 0.25) is 0 Å². The molecule has 0 saturated heterocycles. The van der Waals surface area contributed by atoms with Gasteiger partial charge in [0.25, 0.3) is 0 Å². The quantitative estimate of drug-likeness (QED) is 0.545. The van der Waals surface area contributed by atoms with Crippen molar-refractivity contribution in [3.05, 3.63) is 29.8 Å². The highest BCUT2D eigenvalue weighted by molar-refractivity contribution is 7.91. The summed E-state index contributed by atoms with van der Waals surface area (Å²) >= 11 is 0. The maximum absolute atomic E-state index is 12.2. The maximum Gasteiger partial charge on any atom is 0.326 e. The van der Waals surface area contributed by atoms with Crippen LogP contribution in [0.15, 0.2) is 24.3 Å². The molecule has 0 spiro atoms. The lowest BCUT2D eigenvalue weighted by atomic mass is 10.1. The molecule has 0 aliphatic carbocycles. The van der Waals surface area contributed by atoms with E-state index in [4.69, 9.17) is 9.84 Å².